The van der Waals surface area contributed by atoms with Gasteiger partial charge < -0.3 is 5.32 Å². The first kappa shape index (κ1) is 15.0. The number of thiazole rings is 1. The van der Waals surface area contributed by atoms with E-state index in [1.165, 1.54) is 35.8 Å². The highest BCUT2D eigenvalue weighted by molar-refractivity contribution is 7.99. The lowest BCUT2D eigenvalue weighted by molar-refractivity contribution is 0.501. The molecule has 0 amide bonds. The third kappa shape index (κ3) is 4.53. The van der Waals surface area contributed by atoms with Crippen LogP contribution in [-0.2, 0) is 6.42 Å². The normalized spacial score (nSPS) is 18.8. The number of aryl methyl sites for hydroxylation is 1. The first-order chi connectivity index (χ1) is 10.4. The Kier molecular flexibility index (Phi) is 5.66. The number of rotatable bonds is 6. The summed E-state index contributed by atoms with van der Waals surface area (Å²) in [6.45, 7) is 1.11. The third-order valence-electron chi connectivity index (χ3n) is 3.69. The summed E-state index contributed by atoms with van der Waals surface area (Å²) < 4.78 is 0. The van der Waals surface area contributed by atoms with Crippen LogP contribution in [0.25, 0.3) is 11.3 Å². The fourth-order valence-corrected chi connectivity index (χ4v) is 4.48. The number of nitrogens with zero attached hydrogens (tertiary/aromatic N) is 2. The molecule has 0 spiro atoms. The Morgan fingerprint density at radius 1 is 1.29 bits per heavy atom. The molecular formula is C16H21N3S2. The summed E-state index contributed by atoms with van der Waals surface area (Å²) in [6, 6.07) is 4.76. The van der Waals surface area contributed by atoms with E-state index in [1.54, 1.807) is 11.3 Å². The average molecular weight is 319 g/mol. The Labute approximate surface area is 134 Å². The summed E-state index contributed by atoms with van der Waals surface area (Å²) in [5.74, 6) is 2.62. The molecule has 0 aliphatic carbocycles. The Morgan fingerprint density at radius 3 is 3.00 bits per heavy atom. The van der Waals surface area contributed by atoms with Gasteiger partial charge in [0.2, 0.25) is 0 Å². The van der Waals surface area contributed by atoms with Crippen LogP contribution in [0.3, 0.4) is 0 Å². The number of pyridine rings is 1. The summed E-state index contributed by atoms with van der Waals surface area (Å²) >= 11 is 3.85. The van der Waals surface area contributed by atoms with E-state index in [1.807, 2.05) is 24.5 Å². The monoisotopic (exact) mass is 319 g/mol. The highest BCUT2D eigenvalue weighted by Crippen LogP contribution is 2.22. The SMILES string of the molecule is c1cc(-c2csc(CCCN[C@@H]3CCCSC3)n2)ccn1. The van der Waals surface area contributed by atoms with Gasteiger partial charge in [0.25, 0.3) is 0 Å². The summed E-state index contributed by atoms with van der Waals surface area (Å²) in [4.78, 5) is 8.77. The average Bonchev–Trinajstić information content (AvgIpc) is 3.02. The van der Waals surface area contributed by atoms with Crippen LogP contribution in [0.4, 0.5) is 0 Å². The number of hydrogen-bond donors (Lipinski definition) is 1. The minimum absolute atomic E-state index is 0.729. The maximum atomic E-state index is 4.72. The Hall–Kier alpha value is -0.910. The zero-order valence-corrected chi connectivity index (χ0v) is 13.8. The van der Waals surface area contributed by atoms with E-state index in [2.05, 4.69) is 27.4 Å². The smallest absolute Gasteiger partial charge is 0.0933 e. The lowest BCUT2D eigenvalue weighted by atomic mass is 10.2. The second-order valence-electron chi connectivity index (χ2n) is 5.33. The zero-order valence-electron chi connectivity index (χ0n) is 12.1. The van der Waals surface area contributed by atoms with E-state index in [-0.39, 0.29) is 0 Å². The summed E-state index contributed by atoms with van der Waals surface area (Å²) in [7, 11) is 0. The van der Waals surface area contributed by atoms with Crippen molar-refractivity contribution in [2.75, 3.05) is 18.1 Å². The predicted octanol–water partition coefficient (Wildman–Crippen LogP) is 3.62. The van der Waals surface area contributed by atoms with Crippen molar-refractivity contribution in [2.45, 2.75) is 31.7 Å². The molecule has 0 bridgehead atoms. The van der Waals surface area contributed by atoms with Gasteiger partial charge in [-0.05, 0) is 43.7 Å². The number of aromatic nitrogens is 2. The van der Waals surface area contributed by atoms with Crippen molar-refractivity contribution in [3.05, 3.63) is 34.9 Å². The van der Waals surface area contributed by atoms with Crippen LogP contribution < -0.4 is 5.32 Å². The molecule has 1 saturated heterocycles. The molecule has 1 aliphatic rings. The Balaban J connectivity index is 1.42. The molecule has 2 aromatic rings. The van der Waals surface area contributed by atoms with Crippen LogP contribution in [0.15, 0.2) is 29.9 Å². The maximum absolute atomic E-state index is 4.72. The molecule has 1 aliphatic heterocycles. The van der Waals surface area contributed by atoms with Crippen molar-refractivity contribution in [1.29, 1.82) is 0 Å². The third-order valence-corrected chi connectivity index (χ3v) is 5.81. The van der Waals surface area contributed by atoms with Gasteiger partial charge in [0.15, 0.2) is 0 Å². The quantitative estimate of drug-likeness (QED) is 0.825. The number of hydrogen-bond acceptors (Lipinski definition) is 5. The van der Waals surface area contributed by atoms with Gasteiger partial charge in [-0.3, -0.25) is 4.98 Å². The molecule has 0 radical (unpaired) electrons. The van der Waals surface area contributed by atoms with Crippen molar-refractivity contribution in [3.8, 4) is 11.3 Å². The minimum Gasteiger partial charge on any atom is -0.313 e. The molecule has 3 nitrogen and oxygen atoms in total. The van der Waals surface area contributed by atoms with Crippen LogP contribution in [0, 0.1) is 0 Å². The van der Waals surface area contributed by atoms with Gasteiger partial charge in [-0.2, -0.15) is 11.8 Å². The fourth-order valence-electron chi connectivity index (χ4n) is 2.53. The van der Waals surface area contributed by atoms with Crippen molar-refractivity contribution in [3.63, 3.8) is 0 Å². The molecule has 21 heavy (non-hydrogen) atoms. The van der Waals surface area contributed by atoms with E-state index in [0.717, 1.165) is 30.3 Å². The maximum Gasteiger partial charge on any atom is 0.0933 e. The van der Waals surface area contributed by atoms with Crippen molar-refractivity contribution >= 4 is 23.1 Å². The second-order valence-corrected chi connectivity index (χ2v) is 7.43. The first-order valence-electron chi connectivity index (χ1n) is 7.58. The predicted molar refractivity (Wildman–Crippen MR) is 92.0 cm³/mol. The standard InChI is InChI=1S/C16H21N3S2/c1(7-18-14-3-2-10-20-11-14)4-16-19-15(12-21-16)13-5-8-17-9-6-13/h5-6,8-9,12,14,18H,1-4,7,10-11H2/t14-/m1/s1. The Bertz CT molecular complexity index is 535. The van der Waals surface area contributed by atoms with Crippen LogP contribution in [0.5, 0.6) is 0 Å². The van der Waals surface area contributed by atoms with Gasteiger partial charge in [-0.15, -0.1) is 11.3 Å². The van der Waals surface area contributed by atoms with Crippen molar-refractivity contribution in [2.24, 2.45) is 0 Å². The molecule has 0 aromatic carbocycles. The molecule has 3 rings (SSSR count). The lowest BCUT2D eigenvalue weighted by Crippen LogP contribution is -2.34. The van der Waals surface area contributed by atoms with Gasteiger partial charge in [-0.25, -0.2) is 4.98 Å². The summed E-state index contributed by atoms with van der Waals surface area (Å²) in [6.07, 6.45) is 8.59. The van der Waals surface area contributed by atoms with Gasteiger partial charge in [0, 0.05) is 41.6 Å². The topological polar surface area (TPSA) is 37.8 Å². The summed E-state index contributed by atoms with van der Waals surface area (Å²) in [5, 5.41) is 7.06. The Morgan fingerprint density at radius 2 is 2.19 bits per heavy atom. The van der Waals surface area contributed by atoms with Gasteiger partial charge in [0.05, 0.1) is 10.7 Å². The highest BCUT2D eigenvalue weighted by Gasteiger charge is 2.12. The van der Waals surface area contributed by atoms with E-state index in [4.69, 9.17) is 4.98 Å². The van der Waals surface area contributed by atoms with Gasteiger partial charge in [-0.1, -0.05) is 0 Å². The van der Waals surface area contributed by atoms with Crippen LogP contribution in [0.1, 0.15) is 24.3 Å². The largest absolute Gasteiger partial charge is 0.313 e. The molecule has 0 unspecified atom stereocenters. The molecule has 1 atom stereocenters. The van der Waals surface area contributed by atoms with E-state index < -0.39 is 0 Å². The molecule has 1 N–H and O–H groups in total. The van der Waals surface area contributed by atoms with Crippen molar-refractivity contribution < 1.29 is 0 Å². The molecular weight excluding hydrogens is 298 g/mol. The molecule has 5 heteroatoms. The number of thioether (sulfide) groups is 1. The van der Waals surface area contributed by atoms with E-state index in [9.17, 15) is 0 Å². The highest BCUT2D eigenvalue weighted by atomic mass is 32.2. The molecule has 1 fully saturated rings. The van der Waals surface area contributed by atoms with E-state index >= 15 is 0 Å². The fraction of sp³-hybridized carbons (Fsp3) is 0.500. The van der Waals surface area contributed by atoms with Gasteiger partial charge >= 0.3 is 0 Å². The van der Waals surface area contributed by atoms with Crippen LogP contribution in [0.2, 0.25) is 0 Å². The molecule has 0 saturated carbocycles. The van der Waals surface area contributed by atoms with Crippen LogP contribution >= 0.6 is 23.1 Å². The first-order valence-corrected chi connectivity index (χ1v) is 9.61. The van der Waals surface area contributed by atoms with Crippen molar-refractivity contribution in [1.82, 2.24) is 15.3 Å². The summed E-state index contributed by atoms with van der Waals surface area (Å²) in [5.41, 5.74) is 2.24. The lowest BCUT2D eigenvalue weighted by Gasteiger charge is -2.22. The zero-order chi connectivity index (χ0) is 14.3. The molecule has 3 heterocycles. The number of nitrogens with one attached hydrogen (secondary N) is 1. The van der Waals surface area contributed by atoms with E-state index in [0.29, 0.717) is 0 Å². The minimum atomic E-state index is 0.729. The van der Waals surface area contributed by atoms with Gasteiger partial charge in [0.1, 0.15) is 0 Å². The van der Waals surface area contributed by atoms with Crippen LogP contribution in [-0.4, -0.2) is 34.1 Å². The molecule has 112 valence electrons. The second kappa shape index (κ2) is 7.92. The molecule has 2 aromatic heterocycles.